The highest BCUT2D eigenvalue weighted by molar-refractivity contribution is 5.52. The van der Waals surface area contributed by atoms with E-state index < -0.39 is 23.4 Å². The second-order valence-corrected chi connectivity index (χ2v) is 9.74. The fourth-order valence-electron chi connectivity index (χ4n) is 5.65. The van der Waals surface area contributed by atoms with Gasteiger partial charge in [0.05, 0.1) is 0 Å². The van der Waals surface area contributed by atoms with Gasteiger partial charge in [-0.05, 0) is 73.1 Å². The zero-order valence-corrected chi connectivity index (χ0v) is 18.5. The van der Waals surface area contributed by atoms with Crippen LogP contribution in [0.25, 0.3) is 6.08 Å². The molecule has 1 aromatic carbocycles. The molecule has 2 aliphatic carbocycles. The second-order valence-electron chi connectivity index (χ2n) is 9.74. The van der Waals surface area contributed by atoms with Crippen LogP contribution in [-0.4, -0.2) is 6.18 Å². The zero-order valence-electron chi connectivity index (χ0n) is 18.5. The van der Waals surface area contributed by atoms with Gasteiger partial charge in [-0.15, -0.1) is 0 Å². The highest BCUT2D eigenvalue weighted by Gasteiger charge is 2.27. The summed E-state index contributed by atoms with van der Waals surface area (Å²) in [5, 5.41) is 0. The monoisotopic (exact) mass is 442 g/mol. The van der Waals surface area contributed by atoms with Crippen LogP contribution in [-0.2, 0) is 0 Å². The largest absolute Gasteiger partial charge is 0.409 e. The Morgan fingerprint density at radius 3 is 1.68 bits per heavy atom. The van der Waals surface area contributed by atoms with E-state index in [9.17, 15) is 22.0 Å². The molecule has 0 saturated heterocycles. The third-order valence-corrected chi connectivity index (χ3v) is 7.50. The Bertz CT molecular complexity index is 697. The molecule has 0 bridgehead atoms. The first-order valence-electron chi connectivity index (χ1n) is 12.0. The van der Waals surface area contributed by atoms with E-state index in [4.69, 9.17) is 0 Å². The van der Waals surface area contributed by atoms with Crippen molar-refractivity contribution >= 4 is 6.08 Å². The van der Waals surface area contributed by atoms with Crippen molar-refractivity contribution in [3.05, 3.63) is 41.0 Å². The van der Waals surface area contributed by atoms with Crippen molar-refractivity contribution in [3.63, 3.8) is 0 Å². The van der Waals surface area contributed by atoms with Crippen LogP contribution in [0.15, 0.2) is 18.2 Å². The molecule has 0 heterocycles. The van der Waals surface area contributed by atoms with E-state index in [1.54, 1.807) is 0 Å². The maximum atomic E-state index is 14.3. The number of rotatable bonds is 7. The smallest absolute Gasteiger partial charge is 0.206 e. The number of alkyl halides is 3. The Kier molecular flexibility index (Phi) is 8.58. The van der Waals surface area contributed by atoms with E-state index in [0.29, 0.717) is 17.6 Å². The molecule has 0 spiro atoms. The topological polar surface area (TPSA) is 0 Å². The number of hydrogen-bond donors (Lipinski definition) is 0. The summed E-state index contributed by atoms with van der Waals surface area (Å²) in [6.07, 6.45) is 10.4. The first kappa shape index (κ1) is 24.3. The molecule has 0 unspecified atom stereocenters. The molecule has 174 valence electrons. The summed E-state index contributed by atoms with van der Waals surface area (Å²) in [4.78, 5) is 0. The van der Waals surface area contributed by atoms with Crippen molar-refractivity contribution in [2.24, 2.45) is 17.8 Å². The van der Waals surface area contributed by atoms with Gasteiger partial charge in [-0.25, -0.2) is 8.78 Å². The molecule has 0 amide bonds. The number of hydrogen-bond acceptors (Lipinski definition) is 0. The quantitative estimate of drug-likeness (QED) is 0.369. The van der Waals surface area contributed by atoms with Gasteiger partial charge >= 0.3 is 6.18 Å². The highest BCUT2D eigenvalue weighted by atomic mass is 19.4. The van der Waals surface area contributed by atoms with Crippen molar-refractivity contribution in [1.82, 2.24) is 0 Å². The fourth-order valence-corrected chi connectivity index (χ4v) is 5.65. The van der Waals surface area contributed by atoms with E-state index in [2.05, 4.69) is 6.92 Å². The van der Waals surface area contributed by atoms with Crippen LogP contribution < -0.4 is 0 Å². The van der Waals surface area contributed by atoms with Gasteiger partial charge in [0, 0.05) is 11.6 Å². The third-order valence-electron chi connectivity index (χ3n) is 7.50. The Labute approximate surface area is 183 Å². The minimum atomic E-state index is -4.59. The van der Waals surface area contributed by atoms with Crippen molar-refractivity contribution in [1.29, 1.82) is 0 Å². The lowest BCUT2D eigenvalue weighted by atomic mass is 9.74. The van der Waals surface area contributed by atoms with Gasteiger partial charge in [0.2, 0.25) is 0 Å². The van der Waals surface area contributed by atoms with Crippen molar-refractivity contribution in [2.45, 2.75) is 96.1 Å². The van der Waals surface area contributed by atoms with Crippen LogP contribution in [0.5, 0.6) is 0 Å². The molecular weight excluding hydrogens is 407 g/mol. The Morgan fingerprint density at radius 2 is 1.23 bits per heavy atom. The molecule has 0 nitrogen and oxygen atoms in total. The van der Waals surface area contributed by atoms with E-state index in [1.807, 2.05) is 0 Å². The summed E-state index contributed by atoms with van der Waals surface area (Å²) >= 11 is 0. The van der Waals surface area contributed by atoms with Gasteiger partial charge in [0.15, 0.2) is 0 Å². The summed E-state index contributed by atoms with van der Waals surface area (Å²) in [6.45, 7) is 2.27. The van der Waals surface area contributed by atoms with Gasteiger partial charge in [0.1, 0.15) is 11.6 Å². The van der Waals surface area contributed by atoms with Crippen molar-refractivity contribution < 1.29 is 22.0 Å². The number of allylic oxidation sites excluding steroid dienone is 1. The molecule has 0 radical (unpaired) electrons. The molecule has 31 heavy (non-hydrogen) atoms. The van der Waals surface area contributed by atoms with Crippen LogP contribution >= 0.6 is 0 Å². The summed E-state index contributed by atoms with van der Waals surface area (Å²) in [7, 11) is 0. The molecule has 2 saturated carbocycles. The average molecular weight is 443 g/mol. The van der Waals surface area contributed by atoms with Crippen molar-refractivity contribution in [2.75, 3.05) is 0 Å². The van der Waals surface area contributed by atoms with E-state index in [0.717, 1.165) is 37.5 Å². The van der Waals surface area contributed by atoms with E-state index in [1.165, 1.54) is 63.5 Å². The van der Waals surface area contributed by atoms with Crippen LogP contribution in [0, 0.1) is 29.4 Å². The van der Waals surface area contributed by atoms with Crippen LogP contribution in [0.3, 0.4) is 0 Å². The van der Waals surface area contributed by atoms with Crippen LogP contribution in [0.2, 0.25) is 0 Å². The molecule has 3 rings (SSSR count). The molecule has 0 aromatic heterocycles. The Hall–Kier alpha value is -1.39. The maximum Gasteiger partial charge on any atom is 0.409 e. The van der Waals surface area contributed by atoms with Gasteiger partial charge in [-0.3, -0.25) is 0 Å². The predicted octanol–water partition coefficient (Wildman–Crippen LogP) is 9.20. The normalized spacial score (nSPS) is 27.7. The average Bonchev–Trinajstić information content (AvgIpc) is 2.72. The maximum absolute atomic E-state index is 14.3. The molecule has 0 N–H and O–H groups in total. The molecule has 2 fully saturated rings. The highest BCUT2D eigenvalue weighted by Crippen LogP contribution is 2.41. The SMILES string of the molecule is CCCC1CCC(CCC2CCC(c3cc(F)c(/C=C/C(F)(F)F)c(F)c3)CC2)CC1. The Balaban J connectivity index is 1.47. The number of benzene rings is 1. The van der Waals surface area contributed by atoms with Crippen molar-refractivity contribution in [3.8, 4) is 0 Å². The summed E-state index contributed by atoms with van der Waals surface area (Å²) < 4.78 is 65.5. The molecular formula is C26H35F5. The second kappa shape index (κ2) is 11.0. The fraction of sp³-hybridized carbons (Fsp3) is 0.692. The third kappa shape index (κ3) is 7.32. The minimum absolute atomic E-state index is 0.0883. The lowest BCUT2D eigenvalue weighted by Crippen LogP contribution is -2.18. The van der Waals surface area contributed by atoms with Gasteiger partial charge in [0.25, 0.3) is 0 Å². The van der Waals surface area contributed by atoms with Gasteiger partial charge in [-0.1, -0.05) is 58.3 Å². The standard InChI is InChI=1S/C26H35F5/c1-2-3-18-4-6-19(7-5-18)8-9-20-10-12-21(13-11-20)22-16-24(27)23(25(28)17-22)14-15-26(29,30)31/h14-21H,2-13H2,1H3/b15-14+. The summed E-state index contributed by atoms with van der Waals surface area (Å²) in [5.74, 6) is 0.741. The van der Waals surface area contributed by atoms with Crippen LogP contribution in [0.4, 0.5) is 22.0 Å². The molecule has 0 atom stereocenters. The predicted molar refractivity (Wildman–Crippen MR) is 116 cm³/mol. The molecule has 1 aromatic rings. The van der Waals surface area contributed by atoms with E-state index in [-0.39, 0.29) is 12.0 Å². The Morgan fingerprint density at radius 1 is 0.774 bits per heavy atom. The summed E-state index contributed by atoms with van der Waals surface area (Å²) in [5.41, 5.74) is -0.0460. The number of halogens is 5. The van der Waals surface area contributed by atoms with Gasteiger partial charge < -0.3 is 0 Å². The lowest BCUT2D eigenvalue weighted by Gasteiger charge is -2.32. The minimum Gasteiger partial charge on any atom is -0.206 e. The molecule has 5 heteroatoms. The zero-order chi connectivity index (χ0) is 22.4. The van der Waals surface area contributed by atoms with Crippen LogP contribution in [0.1, 0.15) is 101 Å². The van der Waals surface area contributed by atoms with Gasteiger partial charge in [-0.2, -0.15) is 13.2 Å². The lowest BCUT2D eigenvalue weighted by molar-refractivity contribution is -0.0790. The molecule has 2 aliphatic rings. The first-order chi connectivity index (χ1) is 14.7. The summed E-state index contributed by atoms with van der Waals surface area (Å²) in [6, 6.07) is 2.44. The first-order valence-corrected chi connectivity index (χ1v) is 12.0. The molecule has 0 aliphatic heterocycles. The van der Waals surface area contributed by atoms with E-state index >= 15 is 0 Å².